The van der Waals surface area contributed by atoms with Crippen molar-refractivity contribution in [1.82, 2.24) is 24.5 Å². The maximum Gasteiger partial charge on any atom is 0.416 e. The average molecular weight is 560 g/mol. The molecule has 0 fully saturated rings. The van der Waals surface area contributed by atoms with E-state index in [0.717, 1.165) is 29.2 Å². The van der Waals surface area contributed by atoms with Gasteiger partial charge in [-0.2, -0.15) is 23.1 Å². The number of rotatable bonds is 5. The Morgan fingerprint density at radius 2 is 1.61 bits per heavy atom. The van der Waals surface area contributed by atoms with Gasteiger partial charge in [-0.3, -0.25) is 14.3 Å². The molecule has 208 valence electrons. The smallest absolute Gasteiger partial charge is 0.324 e. The Hall–Kier alpha value is -5.13. The maximum atomic E-state index is 13.2. The SMILES string of the molecule is Cc1cc(Nc2ncc3c(C)n(-c4cc(NC(=O)c5cccc(C(F)(F)F)c5)ccc4C)c(=O)nc3n2)cc(C)n1. The first-order chi connectivity index (χ1) is 19.4. The number of alkyl halides is 3. The number of pyridine rings is 1. The van der Waals surface area contributed by atoms with Gasteiger partial charge in [0.05, 0.1) is 16.6 Å². The summed E-state index contributed by atoms with van der Waals surface area (Å²) in [6.45, 7) is 7.26. The summed E-state index contributed by atoms with van der Waals surface area (Å²) >= 11 is 0. The van der Waals surface area contributed by atoms with Gasteiger partial charge in [-0.15, -0.1) is 0 Å². The lowest BCUT2D eigenvalue weighted by atomic mass is 10.1. The van der Waals surface area contributed by atoms with Gasteiger partial charge in [-0.25, -0.2) is 9.78 Å². The summed E-state index contributed by atoms with van der Waals surface area (Å²) in [5.74, 6) is -0.457. The second-order valence-corrected chi connectivity index (χ2v) is 9.54. The quantitative estimate of drug-likeness (QED) is 0.279. The fourth-order valence-corrected chi connectivity index (χ4v) is 4.47. The van der Waals surface area contributed by atoms with Crippen molar-refractivity contribution in [3.8, 4) is 5.69 Å². The Bertz CT molecular complexity index is 1860. The molecule has 1 amide bonds. The van der Waals surface area contributed by atoms with E-state index in [0.29, 0.717) is 22.3 Å². The fourth-order valence-electron chi connectivity index (χ4n) is 4.47. The van der Waals surface area contributed by atoms with Gasteiger partial charge in [0, 0.05) is 40.2 Å². The number of carbonyl (C=O) groups excluding carboxylic acids is 1. The van der Waals surface area contributed by atoms with Crippen LogP contribution in [0.25, 0.3) is 16.7 Å². The predicted molar refractivity (Wildman–Crippen MR) is 149 cm³/mol. The summed E-state index contributed by atoms with van der Waals surface area (Å²) in [6, 6.07) is 12.7. The number of amides is 1. The van der Waals surface area contributed by atoms with Crippen LogP contribution >= 0.6 is 0 Å². The molecule has 3 aromatic heterocycles. The van der Waals surface area contributed by atoms with E-state index in [1.165, 1.54) is 16.7 Å². The second kappa shape index (κ2) is 10.5. The number of carbonyl (C=O) groups is 1. The summed E-state index contributed by atoms with van der Waals surface area (Å²) in [5.41, 5.74) is 2.89. The minimum absolute atomic E-state index is 0.152. The van der Waals surface area contributed by atoms with Gasteiger partial charge in [0.25, 0.3) is 5.91 Å². The lowest BCUT2D eigenvalue weighted by Crippen LogP contribution is -2.25. The van der Waals surface area contributed by atoms with Crippen LogP contribution in [0.15, 0.2) is 65.6 Å². The molecule has 41 heavy (non-hydrogen) atoms. The molecule has 5 aromatic rings. The molecule has 0 radical (unpaired) electrons. The Morgan fingerprint density at radius 3 is 2.32 bits per heavy atom. The molecule has 9 nitrogen and oxygen atoms in total. The number of nitrogens with zero attached hydrogens (tertiary/aromatic N) is 5. The zero-order chi connectivity index (χ0) is 29.5. The lowest BCUT2D eigenvalue weighted by Gasteiger charge is -2.16. The molecule has 2 N–H and O–H groups in total. The number of anilines is 3. The van der Waals surface area contributed by atoms with E-state index in [1.54, 1.807) is 38.2 Å². The first-order valence-electron chi connectivity index (χ1n) is 12.5. The Kier molecular flexibility index (Phi) is 6.99. The van der Waals surface area contributed by atoms with E-state index in [9.17, 15) is 22.8 Å². The van der Waals surface area contributed by atoms with Crippen LogP contribution in [0, 0.1) is 27.7 Å². The molecular weight excluding hydrogens is 535 g/mol. The van der Waals surface area contributed by atoms with Crippen molar-refractivity contribution < 1.29 is 18.0 Å². The molecule has 0 aliphatic carbocycles. The van der Waals surface area contributed by atoms with Crippen molar-refractivity contribution in [2.45, 2.75) is 33.9 Å². The van der Waals surface area contributed by atoms with E-state index >= 15 is 0 Å². The zero-order valence-electron chi connectivity index (χ0n) is 22.5. The molecule has 3 heterocycles. The number of aromatic nitrogens is 5. The molecule has 0 aliphatic rings. The summed E-state index contributed by atoms with van der Waals surface area (Å²) in [6.07, 6.45) is -3.01. The molecule has 0 atom stereocenters. The number of hydrogen-bond donors (Lipinski definition) is 2. The Balaban J connectivity index is 1.47. The van der Waals surface area contributed by atoms with Crippen molar-refractivity contribution >= 4 is 34.3 Å². The molecule has 0 aliphatic heterocycles. The highest BCUT2D eigenvalue weighted by atomic mass is 19.4. The number of nitrogens with one attached hydrogen (secondary N) is 2. The first-order valence-corrected chi connectivity index (χ1v) is 12.5. The van der Waals surface area contributed by atoms with Crippen LogP contribution in [0.5, 0.6) is 0 Å². The van der Waals surface area contributed by atoms with E-state index < -0.39 is 23.3 Å². The van der Waals surface area contributed by atoms with Crippen molar-refractivity contribution in [1.29, 1.82) is 0 Å². The Morgan fingerprint density at radius 1 is 0.878 bits per heavy atom. The minimum atomic E-state index is -4.58. The predicted octanol–water partition coefficient (Wildman–Crippen LogP) is 5.82. The fraction of sp³-hybridized carbons (Fsp3) is 0.172. The van der Waals surface area contributed by atoms with Gasteiger partial charge < -0.3 is 10.6 Å². The van der Waals surface area contributed by atoms with E-state index in [4.69, 9.17) is 0 Å². The first kappa shape index (κ1) is 27.4. The highest BCUT2D eigenvalue weighted by molar-refractivity contribution is 6.04. The van der Waals surface area contributed by atoms with Crippen molar-refractivity contribution in [3.63, 3.8) is 0 Å². The van der Waals surface area contributed by atoms with Gasteiger partial charge in [0.1, 0.15) is 0 Å². The maximum absolute atomic E-state index is 13.2. The number of hydrogen-bond acceptors (Lipinski definition) is 7. The van der Waals surface area contributed by atoms with Crippen LogP contribution in [0.1, 0.15) is 38.6 Å². The van der Waals surface area contributed by atoms with E-state index in [-0.39, 0.29) is 22.8 Å². The third kappa shape index (κ3) is 5.76. The monoisotopic (exact) mass is 559 g/mol. The van der Waals surface area contributed by atoms with Gasteiger partial charge in [-0.1, -0.05) is 12.1 Å². The normalized spacial score (nSPS) is 11.5. The standard InChI is InChI=1S/C29H24F3N7O2/c1-15-8-9-21(35-26(40)19-6-5-7-20(12-19)29(30,31)32)13-24(15)39-18(4)23-14-33-27(37-25(23)38-28(39)41)36-22-10-16(2)34-17(3)11-22/h5-14H,1-4H3,(H,35,40)(H,34,36,37,38,41). The summed E-state index contributed by atoms with van der Waals surface area (Å²) < 4.78 is 40.7. The molecular formula is C29H24F3N7O2. The summed E-state index contributed by atoms with van der Waals surface area (Å²) in [7, 11) is 0. The average Bonchev–Trinajstić information content (AvgIpc) is 2.89. The third-order valence-corrected chi connectivity index (χ3v) is 6.38. The van der Waals surface area contributed by atoms with Crippen LogP contribution in [0.2, 0.25) is 0 Å². The summed E-state index contributed by atoms with van der Waals surface area (Å²) in [4.78, 5) is 43.3. The highest BCUT2D eigenvalue weighted by Gasteiger charge is 2.31. The van der Waals surface area contributed by atoms with Crippen LogP contribution < -0.4 is 16.3 Å². The van der Waals surface area contributed by atoms with Gasteiger partial charge in [0.15, 0.2) is 5.65 Å². The van der Waals surface area contributed by atoms with Crippen LogP contribution in [-0.2, 0) is 6.18 Å². The van der Waals surface area contributed by atoms with Crippen LogP contribution in [-0.4, -0.2) is 30.4 Å². The highest BCUT2D eigenvalue weighted by Crippen LogP contribution is 2.30. The van der Waals surface area contributed by atoms with Crippen molar-refractivity contribution in [3.05, 3.63) is 105 Å². The van der Waals surface area contributed by atoms with Gasteiger partial charge in [-0.05, 0) is 75.7 Å². The van der Waals surface area contributed by atoms with Crippen LogP contribution in [0.4, 0.5) is 30.5 Å². The van der Waals surface area contributed by atoms with Crippen molar-refractivity contribution in [2.24, 2.45) is 0 Å². The molecule has 12 heteroatoms. The van der Waals surface area contributed by atoms with Gasteiger partial charge >= 0.3 is 11.9 Å². The van der Waals surface area contributed by atoms with Crippen LogP contribution in [0.3, 0.4) is 0 Å². The number of halogens is 3. The molecule has 5 rings (SSSR count). The second-order valence-electron chi connectivity index (χ2n) is 9.54. The third-order valence-electron chi connectivity index (χ3n) is 6.38. The largest absolute Gasteiger partial charge is 0.416 e. The molecule has 0 saturated carbocycles. The number of aryl methyl sites for hydroxylation is 4. The Labute approximate surface area is 232 Å². The number of benzene rings is 2. The zero-order valence-corrected chi connectivity index (χ0v) is 22.5. The van der Waals surface area contributed by atoms with E-state index in [1.807, 2.05) is 26.0 Å². The molecule has 0 bridgehead atoms. The molecule has 0 saturated heterocycles. The summed E-state index contributed by atoms with van der Waals surface area (Å²) in [5, 5.41) is 6.26. The minimum Gasteiger partial charge on any atom is -0.324 e. The van der Waals surface area contributed by atoms with E-state index in [2.05, 4.69) is 30.6 Å². The molecule has 0 spiro atoms. The van der Waals surface area contributed by atoms with Gasteiger partial charge in [0.2, 0.25) is 5.95 Å². The van der Waals surface area contributed by atoms with Crippen molar-refractivity contribution in [2.75, 3.05) is 10.6 Å². The molecule has 0 unspecified atom stereocenters. The topological polar surface area (TPSA) is 115 Å². The molecule has 2 aromatic carbocycles. The lowest BCUT2D eigenvalue weighted by molar-refractivity contribution is -0.137. The number of fused-ring (bicyclic) bond motifs is 1.